The smallest absolute Gasteiger partial charge is 0.187 e. The van der Waals surface area contributed by atoms with Gasteiger partial charge in [-0.15, -0.1) is 11.3 Å². The van der Waals surface area contributed by atoms with Crippen molar-refractivity contribution in [1.82, 2.24) is 0 Å². The molecule has 3 unspecified atom stereocenters. The fraction of sp³-hybridized carbons (Fsp3) is 0.263. The summed E-state index contributed by atoms with van der Waals surface area (Å²) in [5.41, 5.74) is 7.29. The molecule has 4 aromatic carbocycles. The summed E-state index contributed by atoms with van der Waals surface area (Å²) in [6, 6.07) is 25.9. The maximum absolute atomic E-state index is 7.43. The molecule has 42 heavy (non-hydrogen) atoms. The maximum Gasteiger partial charge on any atom is 0.187 e. The molecule has 0 amide bonds. The van der Waals surface area contributed by atoms with Gasteiger partial charge in [0.1, 0.15) is 23.0 Å². The molecule has 3 nitrogen and oxygen atoms in total. The van der Waals surface area contributed by atoms with E-state index in [1.807, 2.05) is 12.1 Å². The van der Waals surface area contributed by atoms with Crippen molar-refractivity contribution in [2.75, 3.05) is 7.11 Å². The minimum atomic E-state index is -0.729. The maximum atomic E-state index is 7.43. The van der Waals surface area contributed by atoms with Crippen molar-refractivity contribution < 1.29 is 14.2 Å². The highest BCUT2D eigenvalue weighted by atomic mass is 32.1. The lowest BCUT2D eigenvalue weighted by molar-refractivity contribution is 0.167. The van der Waals surface area contributed by atoms with Gasteiger partial charge >= 0.3 is 0 Å². The second-order valence-corrected chi connectivity index (χ2v) is 13.1. The van der Waals surface area contributed by atoms with Crippen LogP contribution in [0.5, 0.6) is 23.0 Å². The third kappa shape index (κ3) is 3.33. The lowest BCUT2D eigenvalue weighted by Crippen LogP contribution is -2.34. The van der Waals surface area contributed by atoms with Gasteiger partial charge in [-0.2, -0.15) is 0 Å². The molecule has 5 aromatic rings. The highest BCUT2D eigenvalue weighted by Gasteiger charge is 2.45. The topological polar surface area (TPSA) is 27.7 Å². The summed E-state index contributed by atoms with van der Waals surface area (Å²) in [6.45, 7) is 0. The van der Waals surface area contributed by atoms with Gasteiger partial charge in [0, 0.05) is 33.0 Å². The Balaban J connectivity index is 1.35. The fourth-order valence-electron chi connectivity index (χ4n) is 8.20. The van der Waals surface area contributed by atoms with Gasteiger partial charge in [0.15, 0.2) is 5.60 Å². The van der Waals surface area contributed by atoms with Gasteiger partial charge < -0.3 is 14.2 Å². The largest absolute Gasteiger partial charge is 0.497 e. The van der Waals surface area contributed by atoms with E-state index in [4.69, 9.17) is 14.2 Å². The van der Waals surface area contributed by atoms with Crippen LogP contribution in [0.4, 0.5) is 0 Å². The van der Waals surface area contributed by atoms with Crippen molar-refractivity contribution >= 4 is 28.2 Å². The van der Waals surface area contributed by atoms with E-state index in [9.17, 15) is 0 Å². The van der Waals surface area contributed by atoms with Crippen molar-refractivity contribution in [3.8, 4) is 34.1 Å². The van der Waals surface area contributed by atoms with E-state index in [-0.39, 0.29) is 0 Å². The van der Waals surface area contributed by atoms with Gasteiger partial charge in [0.05, 0.1) is 12.0 Å². The fourth-order valence-corrected chi connectivity index (χ4v) is 9.07. The summed E-state index contributed by atoms with van der Waals surface area (Å²) in [4.78, 5) is 1.16. The zero-order valence-electron chi connectivity index (χ0n) is 23.7. The first-order chi connectivity index (χ1) is 20.8. The number of rotatable bonds is 3. The van der Waals surface area contributed by atoms with Crippen LogP contribution in [-0.4, -0.2) is 7.11 Å². The lowest BCUT2D eigenvalue weighted by Gasteiger charge is -2.43. The number of hydrogen-bond donors (Lipinski definition) is 0. The van der Waals surface area contributed by atoms with E-state index in [2.05, 4.69) is 78.2 Å². The van der Waals surface area contributed by atoms with Gasteiger partial charge in [-0.3, -0.25) is 0 Å². The zero-order valence-corrected chi connectivity index (χ0v) is 24.5. The molecule has 9 rings (SSSR count). The highest BCUT2D eigenvalue weighted by Crippen LogP contribution is 2.63. The Hall–Kier alpha value is -4.02. The third-order valence-electron chi connectivity index (χ3n) is 10.0. The van der Waals surface area contributed by atoms with E-state index in [0.29, 0.717) is 11.8 Å². The monoisotopic (exact) mass is 568 g/mol. The Morgan fingerprint density at radius 3 is 2.43 bits per heavy atom. The number of fused-ring (bicyclic) bond motifs is 6. The van der Waals surface area contributed by atoms with E-state index >= 15 is 0 Å². The van der Waals surface area contributed by atoms with Gasteiger partial charge in [0.2, 0.25) is 0 Å². The molecular formula is C38H32O3S. The summed E-state index contributed by atoms with van der Waals surface area (Å²) in [7, 11) is 1.71. The molecule has 3 heterocycles. The van der Waals surface area contributed by atoms with Gasteiger partial charge in [-0.1, -0.05) is 74.2 Å². The first-order valence-electron chi connectivity index (χ1n) is 15.3. The molecule has 3 atom stereocenters. The first-order valence-corrected chi connectivity index (χ1v) is 16.2. The van der Waals surface area contributed by atoms with Gasteiger partial charge in [-0.25, -0.2) is 0 Å². The molecule has 0 spiro atoms. The average Bonchev–Trinajstić information content (AvgIpc) is 3.57. The molecule has 1 fully saturated rings. The van der Waals surface area contributed by atoms with E-state index in [1.54, 1.807) is 18.4 Å². The van der Waals surface area contributed by atoms with Crippen LogP contribution in [0, 0.1) is 0 Å². The summed E-state index contributed by atoms with van der Waals surface area (Å²) in [6.07, 6.45) is 12.3. The van der Waals surface area contributed by atoms with E-state index in [0.717, 1.165) is 38.8 Å². The predicted molar refractivity (Wildman–Crippen MR) is 170 cm³/mol. The van der Waals surface area contributed by atoms with Crippen LogP contribution in [0.2, 0.25) is 0 Å². The molecule has 2 aliphatic heterocycles. The predicted octanol–water partition coefficient (Wildman–Crippen LogP) is 10.6. The molecule has 0 saturated heterocycles. The molecule has 1 aromatic heterocycles. The minimum Gasteiger partial charge on any atom is -0.497 e. The Morgan fingerprint density at radius 1 is 0.810 bits per heavy atom. The molecule has 208 valence electrons. The Kier molecular flexibility index (Phi) is 5.40. The molecule has 0 N–H and O–H groups in total. The zero-order chi connectivity index (χ0) is 27.8. The SMILES string of the molecule is COc1ccc(C2(c3cccs3)C=Cc3c4c5c6c(cccc6c3O2)Oc2cccc(c2-5)C2CCCCCCC42)cc1. The first kappa shape index (κ1) is 24.6. The molecule has 0 radical (unpaired) electrons. The van der Waals surface area contributed by atoms with Crippen molar-refractivity contribution in [3.05, 3.63) is 111 Å². The molecule has 2 aliphatic carbocycles. The Bertz CT molecular complexity index is 1880. The van der Waals surface area contributed by atoms with E-state index < -0.39 is 5.60 Å². The third-order valence-corrected chi connectivity index (χ3v) is 11.0. The average molecular weight is 569 g/mol. The molecule has 4 aliphatic rings. The van der Waals surface area contributed by atoms with Crippen molar-refractivity contribution in [3.63, 3.8) is 0 Å². The van der Waals surface area contributed by atoms with Crippen LogP contribution in [0.3, 0.4) is 0 Å². The van der Waals surface area contributed by atoms with Crippen LogP contribution in [0.25, 0.3) is 28.0 Å². The summed E-state index contributed by atoms with van der Waals surface area (Å²) < 4.78 is 19.6. The normalized spacial score (nSPS) is 23.2. The van der Waals surface area contributed by atoms with Crippen LogP contribution in [0.15, 0.2) is 84.3 Å². The van der Waals surface area contributed by atoms with Crippen molar-refractivity contribution in [2.45, 2.75) is 56.0 Å². The summed E-state index contributed by atoms with van der Waals surface area (Å²) in [5.74, 6) is 4.72. The van der Waals surface area contributed by atoms with Crippen molar-refractivity contribution in [2.24, 2.45) is 0 Å². The Labute approximate surface area is 250 Å². The number of thiophene rings is 1. The highest BCUT2D eigenvalue weighted by molar-refractivity contribution is 7.10. The second-order valence-electron chi connectivity index (χ2n) is 12.1. The molecular weight excluding hydrogens is 536 g/mol. The standard InChI is InChI=1S/C38H32O3S/c1-39-24-18-16-23(17-19-24)38(32-15-8-22-42-32)21-20-29-33-26-10-5-3-2-4-9-25(26)27-11-6-13-30-34(27)36(33)35-28(37(29)41-38)12-7-14-31(35)40-30/h6-8,11-22,25-26H,2-5,9-10H2,1H3. The quantitative estimate of drug-likeness (QED) is 0.213. The van der Waals surface area contributed by atoms with Crippen LogP contribution >= 0.6 is 11.3 Å². The number of methoxy groups -OCH3 is 1. The summed E-state index contributed by atoms with van der Waals surface area (Å²) in [5, 5.41) is 4.47. The van der Waals surface area contributed by atoms with Crippen LogP contribution in [-0.2, 0) is 5.60 Å². The molecule has 0 bridgehead atoms. The second kappa shape index (κ2) is 9.24. The molecule has 4 heteroatoms. The van der Waals surface area contributed by atoms with Crippen LogP contribution < -0.4 is 14.2 Å². The van der Waals surface area contributed by atoms with Crippen molar-refractivity contribution in [1.29, 1.82) is 0 Å². The molecule has 1 saturated carbocycles. The number of benzene rings is 4. The summed E-state index contributed by atoms with van der Waals surface area (Å²) >= 11 is 1.74. The van der Waals surface area contributed by atoms with Gasteiger partial charge in [-0.05, 0) is 77.6 Å². The van der Waals surface area contributed by atoms with E-state index in [1.165, 1.54) is 71.7 Å². The lowest BCUT2D eigenvalue weighted by atomic mass is 9.64. The minimum absolute atomic E-state index is 0.468. The van der Waals surface area contributed by atoms with Crippen LogP contribution in [0.1, 0.15) is 77.5 Å². The number of hydrogen-bond acceptors (Lipinski definition) is 4. The number of ether oxygens (including phenoxy) is 3. The Morgan fingerprint density at radius 2 is 1.62 bits per heavy atom. The van der Waals surface area contributed by atoms with Gasteiger partial charge in [0.25, 0.3) is 0 Å².